The summed E-state index contributed by atoms with van der Waals surface area (Å²) < 4.78 is 26.1. The van der Waals surface area contributed by atoms with Crippen molar-refractivity contribution >= 4 is 23.6 Å². The van der Waals surface area contributed by atoms with Gasteiger partial charge < -0.3 is 10.6 Å². The summed E-state index contributed by atoms with van der Waals surface area (Å²) in [6, 6.07) is -0.796. The SMILES string of the molecule is CSCCC(NC(C)=O)C(=O)NC1CCC(F)(F)CC1. The second-order valence-electron chi connectivity index (χ2n) is 5.17. The molecular weight excluding hydrogens is 286 g/mol. The van der Waals surface area contributed by atoms with Crippen LogP contribution in [0.15, 0.2) is 0 Å². The second kappa shape index (κ2) is 7.81. The summed E-state index contributed by atoms with van der Waals surface area (Å²) in [4.78, 5) is 23.2. The third-order valence-electron chi connectivity index (χ3n) is 3.37. The van der Waals surface area contributed by atoms with E-state index in [2.05, 4.69) is 10.6 Å². The van der Waals surface area contributed by atoms with E-state index in [1.54, 1.807) is 11.8 Å². The third kappa shape index (κ3) is 6.07. The Morgan fingerprint density at radius 3 is 2.45 bits per heavy atom. The molecule has 7 heteroatoms. The third-order valence-corrected chi connectivity index (χ3v) is 4.01. The molecule has 0 aromatic carbocycles. The number of carbonyl (C=O) groups excluding carboxylic acids is 2. The Morgan fingerprint density at radius 1 is 1.35 bits per heavy atom. The molecular formula is C13H22F2N2O2S. The smallest absolute Gasteiger partial charge is 0.248 e. The zero-order valence-corrected chi connectivity index (χ0v) is 12.7. The zero-order valence-electron chi connectivity index (χ0n) is 11.9. The van der Waals surface area contributed by atoms with Crippen LogP contribution < -0.4 is 10.6 Å². The fourth-order valence-corrected chi connectivity index (χ4v) is 2.71. The molecule has 0 heterocycles. The first-order chi connectivity index (χ1) is 9.34. The normalized spacial score (nSPS) is 20.2. The van der Waals surface area contributed by atoms with Gasteiger partial charge in [0.2, 0.25) is 17.7 Å². The molecule has 0 aromatic heterocycles. The molecule has 2 amide bonds. The predicted molar refractivity (Wildman–Crippen MR) is 75.9 cm³/mol. The van der Waals surface area contributed by atoms with E-state index in [0.717, 1.165) is 5.75 Å². The van der Waals surface area contributed by atoms with E-state index in [9.17, 15) is 18.4 Å². The minimum absolute atomic E-state index is 0.187. The lowest BCUT2D eigenvalue weighted by Gasteiger charge is -2.30. The Bertz CT molecular complexity index is 343. The highest BCUT2D eigenvalue weighted by Crippen LogP contribution is 2.32. The van der Waals surface area contributed by atoms with Crippen molar-refractivity contribution in [3.05, 3.63) is 0 Å². The Morgan fingerprint density at radius 2 is 1.95 bits per heavy atom. The number of amides is 2. The highest BCUT2D eigenvalue weighted by Gasteiger charge is 2.35. The van der Waals surface area contributed by atoms with Crippen LogP contribution in [-0.2, 0) is 9.59 Å². The lowest BCUT2D eigenvalue weighted by molar-refractivity contribution is -0.129. The highest BCUT2D eigenvalue weighted by atomic mass is 32.2. The van der Waals surface area contributed by atoms with Gasteiger partial charge in [-0.05, 0) is 31.3 Å². The van der Waals surface area contributed by atoms with Crippen molar-refractivity contribution in [2.24, 2.45) is 0 Å². The first kappa shape index (κ1) is 17.2. The standard InChI is InChI=1S/C13H22F2N2O2S/c1-9(18)16-11(5-8-20-2)12(19)17-10-3-6-13(14,15)7-4-10/h10-11H,3-8H2,1-2H3,(H,16,18)(H,17,19). The summed E-state index contributed by atoms with van der Waals surface area (Å²) in [6.07, 6.45) is 2.66. The van der Waals surface area contributed by atoms with Crippen LogP contribution in [0.3, 0.4) is 0 Å². The number of hydrogen-bond acceptors (Lipinski definition) is 3. The molecule has 1 fully saturated rings. The maximum absolute atomic E-state index is 13.0. The van der Waals surface area contributed by atoms with Crippen LogP contribution in [0.2, 0.25) is 0 Å². The summed E-state index contributed by atoms with van der Waals surface area (Å²) in [5.74, 6) is -2.39. The van der Waals surface area contributed by atoms with Crippen molar-refractivity contribution in [2.45, 2.75) is 57.0 Å². The molecule has 116 valence electrons. The molecule has 1 unspecified atom stereocenters. The van der Waals surface area contributed by atoms with E-state index in [1.165, 1.54) is 6.92 Å². The molecule has 1 aliphatic carbocycles. The van der Waals surface area contributed by atoms with Crippen molar-refractivity contribution in [3.63, 3.8) is 0 Å². The summed E-state index contributed by atoms with van der Waals surface area (Å²) >= 11 is 1.59. The number of halogens is 2. The minimum atomic E-state index is -2.60. The van der Waals surface area contributed by atoms with Crippen molar-refractivity contribution in [1.82, 2.24) is 10.6 Å². The second-order valence-corrected chi connectivity index (χ2v) is 6.16. The van der Waals surface area contributed by atoms with Gasteiger partial charge in [-0.1, -0.05) is 0 Å². The molecule has 0 spiro atoms. The van der Waals surface area contributed by atoms with Crippen LogP contribution in [0.5, 0.6) is 0 Å². The van der Waals surface area contributed by atoms with Crippen molar-refractivity contribution in [3.8, 4) is 0 Å². The van der Waals surface area contributed by atoms with E-state index in [4.69, 9.17) is 0 Å². The molecule has 0 bridgehead atoms. The monoisotopic (exact) mass is 308 g/mol. The Labute approximate surface area is 122 Å². The van der Waals surface area contributed by atoms with Gasteiger partial charge in [0.05, 0.1) is 0 Å². The van der Waals surface area contributed by atoms with Gasteiger partial charge in [-0.2, -0.15) is 11.8 Å². The topological polar surface area (TPSA) is 58.2 Å². The molecule has 2 N–H and O–H groups in total. The average molecular weight is 308 g/mol. The molecule has 0 aromatic rings. The number of hydrogen-bond donors (Lipinski definition) is 2. The maximum atomic E-state index is 13.0. The van der Waals surface area contributed by atoms with Crippen LogP contribution in [-0.4, -0.2) is 41.8 Å². The average Bonchev–Trinajstić information content (AvgIpc) is 2.36. The Balaban J connectivity index is 2.46. The van der Waals surface area contributed by atoms with Crippen LogP contribution in [0, 0.1) is 0 Å². The number of alkyl halides is 2. The van der Waals surface area contributed by atoms with Gasteiger partial charge >= 0.3 is 0 Å². The summed E-state index contributed by atoms with van der Waals surface area (Å²) in [5.41, 5.74) is 0. The van der Waals surface area contributed by atoms with Gasteiger partial charge in [0.1, 0.15) is 6.04 Å². The van der Waals surface area contributed by atoms with E-state index in [-0.39, 0.29) is 43.5 Å². The minimum Gasteiger partial charge on any atom is -0.352 e. The first-order valence-corrected chi connectivity index (χ1v) is 8.17. The molecule has 1 rings (SSSR count). The van der Waals surface area contributed by atoms with Crippen molar-refractivity contribution in [2.75, 3.05) is 12.0 Å². The molecule has 1 aliphatic rings. The van der Waals surface area contributed by atoms with Gasteiger partial charge in [0.25, 0.3) is 0 Å². The van der Waals surface area contributed by atoms with Gasteiger partial charge in [0, 0.05) is 25.8 Å². The quantitative estimate of drug-likeness (QED) is 0.788. The van der Waals surface area contributed by atoms with Gasteiger partial charge in [-0.25, -0.2) is 8.78 Å². The highest BCUT2D eigenvalue weighted by molar-refractivity contribution is 7.98. The van der Waals surface area contributed by atoms with E-state index in [1.807, 2.05) is 6.26 Å². The van der Waals surface area contributed by atoms with Crippen LogP contribution in [0.25, 0.3) is 0 Å². The summed E-state index contributed by atoms with van der Waals surface area (Å²) in [5, 5.41) is 5.38. The molecule has 1 atom stereocenters. The van der Waals surface area contributed by atoms with Crippen LogP contribution >= 0.6 is 11.8 Å². The van der Waals surface area contributed by atoms with E-state index >= 15 is 0 Å². The van der Waals surface area contributed by atoms with E-state index in [0.29, 0.717) is 6.42 Å². The Hall–Kier alpha value is -0.850. The summed E-state index contributed by atoms with van der Waals surface area (Å²) in [6.45, 7) is 1.36. The van der Waals surface area contributed by atoms with Crippen molar-refractivity contribution in [1.29, 1.82) is 0 Å². The predicted octanol–water partition coefficient (Wildman–Crippen LogP) is 1.94. The number of rotatable bonds is 6. The fourth-order valence-electron chi connectivity index (χ4n) is 2.24. The van der Waals surface area contributed by atoms with Crippen LogP contribution in [0.4, 0.5) is 8.78 Å². The van der Waals surface area contributed by atoms with Gasteiger partial charge in [-0.3, -0.25) is 9.59 Å². The number of thioether (sulfide) groups is 1. The molecule has 4 nitrogen and oxygen atoms in total. The first-order valence-electron chi connectivity index (χ1n) is 6.78. The largest absolute Gasteiger partial charge is 0.352 e. The van der Waals surface area contributed by atoms with Gasteiger partial charge in [-0.15, -0.1) is 0 Å². The lowest BCUT2D eigenvalue weighted by Crippen LogP contribution is -2.50. The fraction of sp³-hybridized carbons (Fsp3) is 0.846. The van der Waals surface area contributed by atoms with E-state index < -0.39 is 12.0 Å². The molecule has 0 radical (unpaired) electrons. The zero-order chi connectivity index (χ0) is 15.2. The molecule has 20 heavy (non-hydrogen) atoms. The lowest BCUT2D eigenvalue weighted by atomic mass is 9.92. The molecule has 0 saturated heterocycles. The van der Waals surface area contributed by atoms with Gasteiger partial charge in [0.15, 0.2) is 0 Å². The van der Waals surface area contributed by atoms with Crippen LogP contribution in [0.1, 0.15) is 39.0 Å². The van der Waals surface area contributed by atoms with Crippen molar-refractivity contribution < 1.29 is 18.4 Å². The maximum Gasteiger partial charge on any atom is 0.248 e. The number of carbonyl (C=O) groups is 2. The Kier molecular flexibility index (Phi) is 6.71. The molecule has 0 aliphatic heterocycles. The molecule has 1 saturated carbocycles. The summed E-state index contributed by atoms with van der Waals surface area (Å²) in [7, 11) is 0. The number of nitrogens with one attached hydrogen (secondary N) is 2.